The van der Waals surface area contributed by atoms with E-state index in [4.69, 9.17) is 14.0 Å². The zero-order valence-corrected chi connectivity index (χ0v) is 22.9. The minimum Gasteiger partial charge on any atom is -0.488 e. The summed E-state index contributed by atoms with van der Waals surface area (Å²) < 4.78 is 35.5. The molecule has 11 heteroatoms. The van der Waals surface area contributed by atoms with Crippen LogP contribution < -0.4 is 20.9 Å². The van der Waals surface area contributed by atoms with Crippen molar-refractivity contribution < 1.29 is 37.2 Å². The Morgan fingerprint density at radius 3 is 2.51 bits per heavy atom. The molecule has 1 atom stereocenters. The Morgan fingerprint density at radius 1 is 0.951 bits per heavy atom. The standard InChI is InChI=1S/C30H35F2N3O6/c1-2-3-5-11-23(17-28(36)35-40-18-21-9-6-4-7-10-21)29(37)33-20-34-30(38)26-15-14-25(41-26)22-12-8-13-24(16-22)39-19-27(31)32/h4,6-10,12-16,23,27H,2-3,5,11,17-20H2,1H3,(H,33,37)(H,34,38)(H,35,36)/t23-/m1/s1. The fourth-order valence-corrected chi connectivity index (χ4v) is 3.96. The third-order valence-electron chi connectivity index (χ3n) is 6.06. The Morgan fingerprint density at radius 2 is 1.76 bits per heavy atom. The van der Waals surface area contributed by atoms with Crippen LogP contribution in [-0.2, 0) is 21.0 Å². The van der Waals surface area contributed by atoms with Crippen molar-refractivity contribution in [3.8, 4) is 17.1 Å². The highest BCUT2D eigenvalue weighted by Crippen LogP contribution is 2.26. The van der Waals surface area contributed by atoms with Crippen molar-refractivity contribution in [3.05, 3.63) is 78.1 Å². The molecule has 2 aromatic carbocycles. The van der Waals surface area contributed by atoms with E-state index in [2.05, 4.69) is 16.1 Å². The average Bonchev–Trinajstić information content (AvgIpc) is 3.47. The number of hydrogen-bond acceptors (Lipinski definition) is 6. The van der Waals surface area contributed by atoms with Crippen molar-refractivity contribution in [3.63, 3.8) is 0 Å². The minimum atomic E-state index is -2.60. The zero-order chi connectivity index (χ0) is 29.5. The molecular weight excluding hydrogens is 536 g/mol. The van der Waals surface area contributed by atoms with Gasteiger partial charge in [-0.15, -0.1) is 0 Å². The number of halogens is 2. The molecule has 0 spiro atoms. The SMILES string of the molecule is CCCCC[C@H](CC(=O)NOCc1ccccc1)C(=O)NCNC(=O)c1ccc(-c2cccc(OCC(F)F)c2)o1. The Labute approximate surface area is 237 Å². The second kappa shape index (κ2) is 16.8. The molecule has 1 heterocycles. The van der Waals surface area contributed by atoms with E-state index in [-0.39, 0.29) is 37.1 Å². The number of carbonyl (C=O) groups is 3. The molecule has 3 N–H and O–H groups in total. The Kier molecular flexibility index (Phi) is 12.8. The first-order valence-electron chi connectivity index (χ1n) is 13.5. The van der Waals surface area contributed by atoms with Crippen LogP contribution in [0.1, 0.15) is 55.1 Å². The van der Waals surface area contributed by atoms with Gasteiger partial charge in [-0.25, -0.2) is 14.3 Å². The summed E-state index contributed by atoms with van der Waals surface area (Å²) >= 11 is 0. The number of benzene rings is 2. The number of carbonyl (C=O) groups excluding carboxylic acids is 3. The molecule has 0 bridgehead atoms. The average molecular weight is 572 g/mol. The number of alkyl halides is 2. The second-order valence-corrected chi connectivity index (χ2v) is 9.31. The molecule has 0 radical (unpaired) electrons. The summed E-state index contributed by atoms with van der Waals surface area (Å²) in [6, 6.07) is 18.8. The topological polar surface area (TPSA) is 119 Å². The summed E-state index contributed by atoms with van der Waals surface area (Å²) in [5.41, 5.74) is 3.84. The molecule has 0 unspecified atom stereocenters. The highest BCUT2D eigenvalue weighted by molar-refractivity contribution is 5.92. The van der Waals surface area contributed by atoms with Gasteiger partial charge >= 0.3 is 0 Å². The van der Waals surface area contributed by atoms with E-state index >= 15 is 0 Å². The number of ether oxygens (including phenoxy) is 1. The van der Waals surface area contributed by atoms with Crippen LogP contribution in [0.2, 0.25) is 0 Å². The van der Waals surface area contributed by atoms with Gasteiger partial charge in [-0.05, 0) is 36.2 Å². The molecule has 3 aromatic rings. The first-order chi connectivity index (χ1) is 19.9. The van der Waals surface area contributed by atoms with E-state index in [0.717, 1.165) is 24.8 Å². The van der Waals surface area contributed by atoms with Gasteiger partial charge in [-0.2, -0.15) is 0 Å². The van der Waals surface area contributed by atoms with Crippen LogP contribution in [0.5, 0.6) is 5.75 Å². The van der Waals surface area contributed by atoms with Crippen LogP contribution in [0.3, 0.4) is 0 Å². The summed E-state index contributed by atoms with van der Waals surface area (Å²) in [7, 11) is 0. The molecule has 0 aliphatic carbocycles. The lowest BCUT2D eigenvalue weighted by molar-refractivity contribution is -0.139. The van der Waals surface area contributed by atoms with E-state index in [1.54, 1.807) is 24.3 Å². The van der Waals surface area contributed by atoms with Crippen molar-refractivity contribution in [1.82, 2.24) is 16.1 Å². The maximum absolute atomic E-state index is 12.8. The number of nitrogens with one attached hydrogen (secondary N) is 3. The van der Waals surface area contributed by atoms with Gasteiger partial charge in [0.2, 0.25) is 11.8 Å². The highest BCUT2D eigenvalue weighted by atomic mass is 19.3. The van der Waals surface area contributed by atoms with E-state index in [1.165, 1.54) is 12.1 Å². The van der Waals surface area contributed by atoms with Crippen molar-refractivity contribution in [2.45, 2.75) is 52.1 Å². The van der Waals surface area contributed by atoms with Crippen LogP contribution in [0.25, 0.3) is 11.3 Å². The molecule has 1 aromatic heterocycles. The number of unbranched alkanes of at least 4 members (excludes halogenated alkanes) is 2. The smallest absolute Gasteiger partial charge is 0.288 e. The first-order valence-corrected chi connectivity index (χ1v) is 13.5. The monoisotopic (exact) mass is 571 g/mol. The lowest BCUT2D eigenvalue weighted by atomic mass is 9.96. The molecule has 0 aliphatic rings. The number of hydrogen-bond donors (Lipinski definition) is 3. The Bertz CT molecular complexity index is 1250. The van der Waals surface area contributed by atoms with Gasteiger partial charge in [-0.3, -0.25) is 19.2 Å². The third kappa shape index (κ3) is 11.0. The molecule has 3 amide bonds. The fourth-order valence-electron chi connectivity index (χ4n) is 3.96. The van der Waals surface area contributed by atoms with Crippen LogP contribution >= 0.6 is 0 Å². The van der Waals surface area contributed by atoms with Gasteiger partial charge in [0.05, 0.1) is 13.3 Å². The lowest BCUT2D eigenvalue weighted by Crippen LogP contribution is -2.41. The van der Waals surface area contributed by atoms with Crippen molar-refractivity contribution in [1.29, 1.82) is 0 Å². The van der Waals surface area contributed by atoms with Crippen LogP contribution in [0, 0.1) is 5.92 Å². The molecule has 0 saturated heterocycles. The largest absolute Gasteiger partial charge is 0.488 e. The third-order valence-corrected chi connectivity index (χ3v) is 6.06. The number of rotatable bonds is 17. The minimum absolute atomic E-state index is 0.00240. The van der Waals surface area contributed by atoms with Crippen LogP contribution in [-0.4, -0.2) is 37.4 Å². The van der Waals surface area contributed by atoms with Gasteiger partial charge < -0.3 is 19.8 Å². The van der Waals surface area contributed by atoms with Crippen molar-refractivity contribution >= 4 is 17.7 Å². The predicted molar refractivity (Wildman–Crippen MR) is 148 cm³/mol. The van der Waals surface area contributed by atoms with Gasteiger partial charge in [-0.1, -0.05) is 68.7 Å². The highest BCUT2D eigenvalue weighted by Gasteiger charge is 2.22. The summed E-state index contributed by atoms with van der Waals surface area (Å²) in [5, 5.41) is 5.22. The van der Waals surface area contributed by atoms with E-state index in [9.17, 15) is 23.2 Å². The van der Waals surface area contributed by atoms with Crippen LogP contribution in [0.15, 0.2) is 71.1 Å². The maximum Gasteiger partial charge on any atom is 0.288 e. The molecule has 0 aliphatic heterocycles. The molecule has 0 fully saturated rings. The summed E-state index contributed by atoms with van der Waals surface area (Å²) in [5.74, 6) is -1.32. The second-order valence-electron chi connectivity index (χ2n) is 9.31. The maximum atomic E-state index is 12.8. The quantitative estimate of drug-likeness (QED) is 0.116. The van der Waals surface area contributed by atoms with Gasteiger partial charge in [0.1, 0.15) is 18.1 Å². The van der Waals surface area contributed by atoms with E-state index in [0.29, 0.717) is 17.7 Å². The molecular formula is C30H35F2N3O6. The van der Waals surface area contributed by atoms with Crippen molar-refractivity contribution in [2.24, 2.45) is 5.92 Å². The Hall–Kier alpha value is -4.25. The van der Waals surface area contributed by atoms with Crippen molar-refractivity contribution in [2.75, 3.05) is 13.3 Å². The van der Waals surface area contributed by atoms with Gasteiger partial charge in [0, 0.05) is 17.9 Å². The summed E-state index contributed by atoms with van der Waals surface area (Å²) in [4.78, 5) is 43.1. The molecule has 41 heavy (non-hydrogen) atoms. The number of amides is 3. The van der Waals surface area contributed by atoms with Gasteiger partial charge in [0.25, 0.3) is 12.3 Å². The van der Waals surface area contributed by atoms with E-state index < -0.39 is 30.8 Å². The Balaban J connectivity index is 1.47. The number of furan rings is 1. The first kappa shape index (κ1) is 31.3. The molecule has 220 valence electrons. The molecule has 0 saturated carbocycles. The normalized spacial score (nSPS) is 11.6. The predicted octanol–water partition coefficient (Wildman–Crippen LogP) is 5.23. The van der Waals surface area contributed by atoms with Gasteiger partial charge in [0.15, 0.2) is 5.76 Å². The van der Waals surface area contributed by atoms with E-state index in [1.807, 2.05) is 37.3 Å². The fraction of sp³-hybridized carbons (Fsp3) is 0.367. The van der Waals surface area contributed by atoms with Crippen LogP contribution in [0.4, 0.5) is 8.78 Å². The number of hydroxylamine groups is 1. The lowest BCUT2D eigenvalue weighted by Gasteiger charge is -2.17. The molecule has 9 nitrogen and oxygen atoms in total. The summed E-state index contributed by atoms with van der Waals surface area (Å²) in [6.07, 6.45) is 0.536. The molecule has 3 rings (SSSR count). The zero-order valence-electron chi connectivity index (χ0n) is 22.9. The summed E-state index contributed by atoms with van der Waals surface area (Å²) in [6.45, 7) is 1.36.